The molecule has 10 nitrogen and oxygen atoms in total. The molecular formula is C28H33ClF3N7O3. The number of nitrogens with zero attached hydrogens (tertiary/aromatic N) is 6. The summed E-state index contributed by atoms with van der Waals surface area (Å²) in [6.07, 6.45) is 6.76. The standard InChI is InChI=1S/C28H33ClF3N7O3/c1-15(16-5-7-38(8-6-16)27-35-25(37-42-27)28(2,40)17-3-4-17)41-18-11-33-26(34-12-18)39-13-20(24(14-39)36-29)19-9-22(31)23(32)10-21(19)30/h9-12,15-17,20,24,36,40H,3-8,13-14H2,1-2H3/t15-,20+,24-,28+/m0/s1. The monoisotopic (exact) mass is 607 g/mol. The Kier molecular flexibility index (Phi) is 7.92. The highest BCUT2D eigenvalue weighted by molar-refractivity contribution is 6.13. The van der Waals surface area contributed by atoms with Crippen LogP contribution in [0, 0.1) is 29.3 Å². The van der Waals surface area contributed by atoms with Crippen LogP contribution in [-0.4, -0.2) is 63.5 Å². The second-order valence-electron chi connectivity index (χ2n) is 11.7. The number of ether oxygens (including phenoxy) is 1. The highest BCUT2D eigenvalue weighted by atomic mass is 35.5. The molecule has 1 aliphatic carbocycles. The molecular weight excluding hydrogens is 575 g/mol. The number of aliphatic hydroxyl groups is 1. The van der Waals surface area contributed by atoms with E-state index in [-0.39, 0.29) is 24.1 Å². The molecule has 6 rings (SSSR count). The van der Waals surface area contributed by atoms with Crippen molar-refractivity contribution in [3.05, 3.63) is 53.4 Å². The van der Waals surface area contributed by atoms with Gasteiger partial charge in [-0.15, -0.1) is 0 Å². The van der Waals surface area contributed by atoms with Gasteiger partial charge in [-0.2, -0.15) is 4.98 Å². The molecule has 226 valence electrons. The third-order valence-corrected chi connectivity index (χ3v) is 9.11. The first-order chi connectivity index (χ1) is 20.1. The Labute approximate surface area is 246 Å². The lowest BCUT2D eigenvalue weighted by Gasteiger charge is -2.33. The van der Waals surface area contributed by atoms with E-state index in [1.54, 1.807) is 24.2 Å². The fourth-order valence-electron chi connectivity index (χ4n) is 6.00. The average molecular weight is 608 g/mol. The average Bonchev–Trinajstić information content (AvgIpc) is 3.58. The summed E-state index contributed by atoms with van der Waals surface area (Å²) in [7, 11) is 0. The maximum atomic E-state index is 14.5. The molecule has 0 amide bonds. The van der Waals surface area contributed by atoms with Crippen molar-refractivity contribution >= 4 is 23.7 Å². The lowest BCUT2D eigenvalue weighted by Crippen LogP contribution is -2.39. The molecule has 1 aromatic carbocycles. The van der Waals surface area contributed by atoms with Crippen molar-refractivity contribution in [3.8, 4) is 5.75 Å². The summed E-state index contributed by atoms with van der Waals surface area (Å²) in [5.74, 6) is -1.97. The van der Waals surface area contributed by atoms with E-state index in [1.807, 2.05) is 11.8 Å². The third kappa shape index (κ3) is 5.73. The maximum Gasteiger partial charge on any atom is 0.324 e. The minimum Gasteiger partial charge on any atom is -0.487 e. The summed E-state index contributed by atoms with van der Waals surface area (Å²) < 4.78 is 53.4. The molecule has 2 aliphatic heterocycles. The molecule has 4 heterocycles. The van der Waals surface area contributed by atoms with Crippen LogP contribution in [0.15, 0.2) is 29.0 Å². The SMILES string of the molecule is C[C@H](Oc1cnc(N2C[C@H](NCl)[C@@H](c3cc(F)c(F)cc3F)C2)nc1)C1CCN(c2nc([C@](C)(O)C3CC3)no2)CC1. The smallest absolute Gasteiger partial charge is 0.324 e. The van der Waals surface area contributed by atoms with E-state index < -0.39 is 35.0 Å². The molecule has 2 saturated heterocycles. The van der Waals surface area contributed by atoms with Gasteiger partial charge in [0.2, 0.25) is 11.8 Å². The lowest BCUT2D eigenvalue weighted by atomic mass is 9.92. The van der Waals surface area contributed by atoms with Crippen molar-refractivity contribution in [1.82, 2.24) is 24.9 Å². The first-order valence-corrected chi connectivity index (χ1v) is 14.6. The van der Waals surface area contributed by atoms with Gasteiger partial charge in [0.1, 0.15) is 11.4 Å². The quantitative estimate of drug-likeness (QED) is 0.270. The highest BCUT2D eigenvalue weighted by Gasteiger charge is 2.45. The van der Waals surface area contributed by atoms with Crippen LogP contribution >= 0.6 is 11.8 Å². The highest BCUT2D eigenvalue weighted by Crippen LogP contribution is 2.44. The topological polar surface area (TPSA) is 113 Å². The van der Waals surface area contributed by atoms with E-state index >= 15 is 0 Å². The van der Waals surface area contributed by atoms with Crippen LogP contribution in [-0.2, 0) is 5.60 Å². The summed E-state index contributed by atoms with van der Waals surface area (Å²) in [4.78, 5) is 19.8. The van der Waals surface area contributed by atoms with E-state index in [0.29, 0.717) is 42.1 Å². The summed E-state index contributed by atoms with van der Waals surface area (Å²) in [6.45, 7) is 5.83. The Morgan fingerprint density at radius 3 is 2.40 bits per heavy atom. The van der Waals surface area contributed by atoms with Gasteiger partial charge in [0.25, 0.3) is 0 Å². The zero-order valence-electron chi connectivity index (χ0n) is 23.3. The Morgan fingerprint density at radius 1 is 1.05 bits per heavy atom. The van der Waals surface area contributed by atoms with Crippen molar-refractivity contribution in [3.63, 3.8) is 0 Å². The van der Waals surface area contributed by atoms with Gasteiger partial charge in [0, 0.05) is 44.2 Å². The molecule has 3 fully saturated rings. The van der Waals surface area contributed by atoms with Crippen molar-refractivity contribution in [2.45, 2.75) is 63.2 Å². The van der Waals surface area contributed by atoms with Crippen LogP contribution in [0.4, 0.5) is 25.1 Å². The Morgan fingerprint density at radius 2 is 1.74 bits per heavy atom. The minimum atomic E-state index is -1.24. The van der Waals surface area contributed by atoms with Gasteiger partial charge in [-0.25, -0.2) is 28.0 Å². The second kappa shape index (κ2) is 11.5. The van der Waals surface area contributed by atoms with Gasteiger partial charge >= 0.3 is 6.01 Å². The zero-order valence-corrected chi connectivity index (χ0v) is 24.1. The lowest BCUT2D eigenvalue weighted by molar-refractivity contribution is 0.0218. The van der Waals surface area contributed by atoms with Gasteiger partial charge in [0.15, 0.2) is 17.4 Å². The number of nitrogens with one attached hydrogen (secondary N) is 1. The summed E-state index contributed by atoms with van der Waals surface area (Å²) in [5.41, 5.74) is -1.02. The fraction of sp³-hybridized carbons (Fsp3) is 0.571. The Bertz CT molecular complexity index is 1400. The number of piperidine rings is 1. The fourth-order valence-corrected chi connectivity index (χ4v) is 6.22. The molecule has 2 N–H and O–H groups in total. The van der Waals surface area contributed by atoms with Crippen LogP contribution < -0.4 is 19.4 Å². The Hall–Kier alpha value is -3.16. The second-order valence-corrected chi connectivity index (χ2v) is 11.9. The number of rotatable bonds is 9. The zero-order chi connectivity index (χ0) is 29.6. The van der Waals surface area contributed by atoms with Crippen molar-refractivity contribution in [2.24, 2.45) is 11.8 Å². The van der Waals surface area contributed by atoms with Crippen LogP contribution in [0.2, 0.25) is 0 Å². The van der Waals surface area contributed by atoms with Crippen LogP contribution in [0.25, 0.3) is 0 Å². The van der Waals surface area contributed by atoms with E-state index in [2.05, 4.69) is 24.9 Å². The van der Waals surface area contributed by atoms with Crippen LogP contribution in [0.1, 0.15) is 56.8 Å². The van der Waals surface area contributed by atoms with Gasteiger partial charge < -0.3 is 24.2 Å². The summed E-state index contributed by atoms with van der Waals surface area (Å²) >= 11 is 5.91. The van der Waals surface area contributed by atoms with E-state index in [1.165, 1.54) is 0 Å². The normalized spacial score (nSPS) is 23.7. The molecule has 14 heteroatoms. The Balaban J connectivity index is 1.03. The molecule has 42 heavy (non-hydrogen) atoms. The molecule has 2 aromatic heterocycles. The molecule has 0 bridgehead atoms. The molecule has 0 spiro atoms. The maximum absolute atomic E-state index is 14.5. The number of aromatic nitrogens is 4. The third-order valence-electron chi connectivity index (χ3n) is 8.83. The van der Waals surface area contributed by atoms with Gasteiger partial charge in [-0.05, 0) is 74.8 Å². The minimum absolute atomic E-state index is 0.0408. The predicted octanol–water partition coefficient (Wildman–Crippen LogP) is 4.29. The van der Waals surface area contributed by atoms with Gasteiger partial charge in [-0.1, -0.05) is 5.16 Å². The number of benzene rings is 1. The first kappa shape index (κ1) is 28.9. The van der Waals surface area contributed by atoms with Crippen molar-refractivity contribution in [1.29, 1.82) is 0 Å². The predicted molar refractivity (Wildman–Crippen MR) is 148 cm³/mol. The van der Waals surface area contributed by atoms with E-state index in [9.17, 15) is 18.3 Å². The van der Waals surface area contributed by atoms with Crippen molar-refractivity contribution < 1.29 is 27.5 Å². The molecule has 3 aliphatic rings. The largest absolute Gasteiger partial charge is 0.487 e. The van der Waals surface area contributed by atoms with Crippen LogP contribution in [0.5, 0.6) is 5.75 Å². The van der Waals surface area contributed by atoms with Gasteiger partial charge in [0.05, 0.1) is 18.5 Å². The molecule has 0 radical (unpaired) electrons. The summed E-state index contributed by atoms with van der Waals surface area (Å²) in [6, 6.07) is 1.43. The molecule has 1 saturated carbocycles. The molecule has 4 atom stereocenters. The van der Waals surface area contributed by atoms with Crippen LogP contribution in [0.3, 0.4) is 0 Å². The number of anilines is 2. The molecule has 0 unspecified atom stereocenters. The van der Waals surface area contributed by atoms with Gasteiger partial charge in [-0.3, -0.25) is 0 Å². The first-order valence-electron chi connectivity index (χ1n) is 14.2. The molecule has 3 aromatic rings. The number of hydrogen-bond donors (Lipinski definition) is 2. The number of halogens is 4. The van der Waals surface area contributed by atoms with E-state index in [0.717, 1.165) is 44.8 Å². The van der Waals surface area contributed by atoms with Crippen molar-refractivity contribution in [2.75, 3.05) is 36.0 Å². The summed E-state index contributed by atoms with van der Waals surface area (Å²) in [5, 5.41) is 14.7. The number of hydrogen-bond acceptors (Lipinski definition) is 10. The van der Waals surface area contributed by atoms with E-state index in [4.69, 9.17) is 21.0 Å².